The number of ketones is 1. The van der Waals surface area contributed by atoms with Crippen LogP contribution in [0.25, 0.3) is 0 Å². The van der Waals surface area contributed by atoms with Crippen LogP contribution < -0.4 is 5.73 Å². The number of nitrogens with two attached hydrogens (primary N) is 1. The van der Waals surface area contributed by atoms with Crippen molar-refractivity contribution in [2.24, 2.45) is 0 Å². The summed E-state index contributed by atoms with van der Waals surface area (Å²) in [5.41, 5.74) is 8.61. The van der Waals surface area contributed by atoms with E-state index in [-0.39, 0.29) is 24.2 Å². The SMILES string of the molecule is Nc1cc(C2CCC3(CC2)OC(=O)c2ccncc23)nn1CC(=O)c1ccccc1. The van der Waals surface area contributed by atoms with Crippen molar-refractivity contribution in [3.63, 3.8) is 0 Å². The number of fused-ring (bicyclic) bond motifs is 2. The zero-order valence-corrected chi connectivity index (χ0v) is 16.5. The fourth-order valence-corrected chi connectivity index (χ4v) is 4.60. The number of hydrogen-bond donors (Lipinski definition) is 1. The molecule has 1 fully saturated rings. The third kappa shape index (κ3) is 3.07. The molecule has 5 rings (SSSR count). The first-order chi connectivity index (χ1) is 14.6. The number of pyridine rings is 1. The van der Waals surface area contributed by atoms with Crippen LogP contribution in [0.1, 0.15) is 63.6 Å². The van der Waals surface area contributed by atoms with Crippen molar-refractivity contribution in [2.45, 2.75) is 43.7 Å². The largest absolute Gasteiger partial charge is 0.450 e. The van der Waals surface area contributed by atoms with E-state index in [1.54, 1.807) is 35.3 Å². The summed E-state index contributed by atoms with van der Waals surface area (Å²) in [6.45, 7) is 0.114. The third-order valence-corrected chi connectivity index (χ3v) is 6.25. The normalized spacial score (nSPS) is 22.7. The first kappa shape index (κ1) is 18.5. The summed E-state index contributed by atoms with van der Waals surface area (Å²) in [5.74, 6) is 0.405. The van der Waals surface area contributed by atoms with Crippen LogP contribution in [-0.2, 0) is 16.9 Å². The number of benzene rings is 1. The molecule has 2 N–H and O–H groups in total. The van der Waals surface area contributed by atoms with E-state index in [4.69, 9.17) is 10.5 Å². The first-order valence-electron chi connectivity index (χ1n) is 10.1. The molecule has 0 bridgehead atoms. The molecule has 2 aliphatic rings. The molecule has 7 nitrogen and oxygen atoms in total. The van der Waals surface area contributed by atoms with Crippen molar-refractivity contribution in [3.8, 4) is 0 Å². The molecule has 3 aromatic rings. The van der Waals surface area contributed by atoms with E-state index < -0.39 is 5.60 Å². The summed E-state index contributed by atoms with van der Waals surface area (Å²) in [6, 6.07) is 12.7. The number of nitrogens with zero attached hydrogens (tertiary/aromatic N) is 3. The molecule has 7 heteroatoms. The lowest BCUT2D eigenvalue weighted by atomic mass is 9.74. The van der Waals surface area contributed by atoms with E-state index >= 15 is 0 Å². The van der Waals surface area contributed by atoms with E-state index in [2.05, 4.69) is 10.1 Å². The first-order valence-corrected chi connectivity index (χ1v) is 10.1. The second-order valence-corrected chi connectivity index (χ2v) is 8.02. The van der Waals surface area contributed by atoms with Gasteiger partial charge >= 0.3 is 5.97 Å². The van der Waals surface area contributed by atoms with Crippen LogP contribution in [0.5, 0.6) is 0 Å². The summed E-state index contributed by atoms with van der Waals surface area (Å²) < 4.78 is 7.37. The van der Waals surface area contributed by atoms with E-state index in [0.717, 1.165) is 36.9 Å². The molecule has 1 aromatic carbocycles. The lowest BCUT2D eigenvalue weighted by molar-refractivity contribution is -0.0312. The molecule has 0 atom stereocenters. The second kappa shape index (κ2) is 7.09. The Balaban J connectivity index is 1.30. The van der Waals surface area contributed by atoms with Crippen molar-refractivity contribution >= 4 is 17.6 Å². The second-order valence-electron chi connectivity index (χ2n) is 8.02. The van der Waals surface area contributed by atoms with E-state index in [1.807, 2.05) is 24.3 Å². The van der Waals surface area contributed by atoms with Crippen LogP contribution in [0.2, 0.25) is 0 Å². The Morgan fingerprint density at radius 1 is 1.20 bits per heavy atom. The van der Waals surface area contributed by atoms with Gasteiger partial charge in [0.1, 0.15) is 18.0 Å². The molecule has 0 unspecified atom stereocenters. The fraction of sp³-hybridized carbons (Fsp3) is 0.304. The van der Waals surface area contributed by atoms with Crippen molar-refractivity contribution in [1.82, 2.24) is 14.8 Å². The van der Waals surface area contributed by atoms with Crippen LogP contribution in [0.4, 0.5) is 5.82 Å². The van der Waals surface area contributed by atoms with E-state index in [0.29, 0.717) is 16.9 Å². The minimum Gasteiger partial charge on any atom is -0.450 e. The quantitative estimate of drug-likeness (QED) is 0.530. The summed E-state index contributed by atoms with van der Waals surface area (Å²) >= 11 is 0. The monoisotopic (exact) mass is 402 g/mol. The Kier molecular flexibility index (Phi) is 4.38. The number of Topliss-reactive ketones (excluding diaryl/α,β-unsaturated/α-hetero) is 1. The van der Waals surface area contributed by atoms with Gasteiger partial charge in [0.25, 0.3) is 0 Å². The summed E-state index contributed by atoms with van der Waals surface area (Å²) in [6.07, 6.45) is 6.46. The Bertz CT molecular complexity index is 1110. The number of carbonyl (C=O) groups is 2. The predicted molar refractivity (Wildman–Crippen MR) is 110 cm³/mol. The zero-order chi connectivity index (χ0) is 20.7. The molecule has 2 aromatic heterocycles. The highest BCUT2D eigenvalue weighted by Crippen LogP contribution is 2.49. The number of carbonyl (C=O) groups excluding carboxylic acids is 2. The lowest BCUT2D eigenvalue weighted by Crippen LogP contribution is -2.31. The number of hydrogen-bond acceptors (Lipinski definition) is 6. The van der Waals surface area contributed by atoms with Crippen LogP contribution in [-0.4, -0.2) is 26.5 Å². The molecular formula is C23H22N4O3. The molecule has 1 aliphatic carbocycles. The number of anilines is 1. The van der Waals surface area contributed by atoms with Crippen molar-refractivity contribution in [3.05, 3.63) is 77.2 Å². The maximum atomic E-state index is 12.5. The Morgan fingerprint density at radius 3 is 2.73 bits per heavy atom. The molecule has 152 valence electrons. The van der Waals surface area contributed by atoms with Crippen LogP contribution >= 0.6 is 0 Å². The smallest absolute Gasteiger partial charge is 0.339 e. The maximum absolute atomic E-state index is 12.5. The van der Waals surface area contributed by atoms with Gasteiger partial charge < -0.3 is 10.5 Å². The van der Waals surface area contributed by atoms with E-state index in [9.17, 15) is 9.59 Å². The molecule has 0 radical (unpaired) electrons. The van der Waals surface area contributed by atoms with Crippen LogP contribution in [0.15, 0.2) is 54.9 Å². The maximum Gasteiger partial charge on any atom is 0.339 e. The standard InChI is InChI=1S/C23H22N4O3/c24-21-12-19(26-27(21)14-20(28)16-4-2-1-3-5-16)15-6-9-23(10-7-15)18-13-25-11-8-17(18)22(29)30-23/h1-5,8,11-13,15H,6-7,9-10,14,24H2. The Labute approximate surface area is 173 Å². The van der Waals surface area contributed by atoms with Crippen molar-refractivity contribution in [2.75, 3.05) is 5.73 Å². The number of nitrogen functional groups attached to an aromatic ring is 1. The van der Waals surface area contributed by atoms with Crippen LogP contribution in [0.3, 0.4) is 0 Å². The van der Waals surface area contributed by atoms with Gasteiger partial charge in [-0.1, -0.05) is 30.3 Å². The van der Waals surface area contributed by atoms with Gasteiger partial charge in [0, 0.05) is 35.5 Å². The van der Waals surface area contributed by atoms with Gasteiger partial charge in [0.15, 0.2) is 5.78 Å². The van der Waals surface area contributed by atoms with Gasteiger partial charge in [0.05, 0.1) is 11.3 Å². The third-order valence-electron chi connectivity index (χ3n) is 6.25. The van der Waals surface area contributed by atoms with Gasteiger partial charge in [-0.3, -0.25) is 9.78 Å². The Hall–Kier alpha value is -3.48. The zero-order valence-electron chi connectivity index (χ0n) is 16.5. The number of esters is 1. The van der Waals surface area contributed by atoms with E-state index in [1.165, 1.54) is 0 Å². The average molecular weight is 402 g/mol. The Morgan fingerprint density at radius 2 is 1.97 bits per heavy atom. The predicted octanol–water partition coefficient (Wildman–Crippen LogP) is 3.47. The fourth-order valence-electron chi connectivity index (χ4n) is 4.60. The highest BCUT2D eigenvalue weighted by molar-refractivity contribution is 5.96. The molecule has 30 heavy (non-hydrogen) atoms. The lowest BCUT2D eigenvalue weighted by Gasteiger charge is -2.35. The molecule has 3 heterocycles. The van der Waals surface area contributed by atoms with Gasteiger partial charge in [-0.15, -0.1) is 0 Å². The van der Waals surface area contributed by atoms with Gasteiger partial charge in [-0.2, -0.15) is 5.10 Å². The number of rotatable bonds is 4. The summed E-state index contributed by atoms with van der Waals surface area (Å²) in [5, 5.41) is 4.62. The minimum absolute atomic E-state index is 0.0264. The van der Waals surface area contributed by atoms with Crippen molar-refractivity contribution in [1.29, 1.82) is 0 Å². The molecule has 1 saturated carbocycles. The average Bonchev–Trinajstić information content (AvgIpc) is 3.27. The molecular weight excluding hydrogens is 380 g/mol. The highest BCUT2D eigenvalue weighted by atomic mass is 16.6. The summed E-state index contributed by atoms with van der Waals surface area (Å²) in [7, 11) is 0. The van der Waals surface area contributed by atoms with Gasteiger partial charge in [-0.05, 0) is 31.7 Å². The molecule has 0 amide bonds. The summed E-state index contributed by atoms with van der Waals surface area (Å²) in [4.78, 5) is 28.9. The highest BCUT2D eigenvalue weighted by Gasteiger charge is 2.48. The minimum atomic E-state index is -0.575. The van der Waals surface area contributed by atoms with Gasteiger partial charge in [-0.25, -0.2) is 9.48 Å². The molecule has 1 aliphatic heterocycles. The topological polar surface area (TPSA) is 100 Å². The van der Waals surface area contributed by atoms with Gasteiger partial charge in [0.2, 0.25) is 0 Å². The molecule has 0 saturated heterocycles. The number of aromatic nitrogens is 3. The molecule has 1 spiro atoms. The van der Waals surface area contributed by atoms with Crippen LogP contribution in [0, 0.1) is 0 Å². The van der Waals surface area contributed by atoms with Crippen molar-refractivity contribution < 1.29 is 14.3 Å². The number of ether oxygens (including phenoxy) is 1.